The van der Waals surface area contributed by atoms with E-state index in [9.17, 15) is 4.39 Å². The summed E-state index contributed by atoms with van der Waals surface area (Å²) >= 11 is 0. The molecule has 0 amide bonds. The molecule has 160 valence electrons. The Morgan fingerprint density at radius 1 is 1.03 bits per heavy atom. The Bertz CT molecular complexity index is 1380. The highest BCUT2D eigenvalue weighted by Crippen LogP contribution is 2.35. The van der Waals surface area contributed by atoms with Crippen molar-refractivity contribution in [1.82, 2.24) is 24.4 Å². The van der Waals surface area contributed by atoms with Gasteiger partial charge in [0.2, 0.25) is 0 Å². The summed E-state index contributed by atoms with van der Waals surface area (Å²) in [5.41, 5.74) is 6.70. The molecule has 32 heavy (non-hydrogen) atoms. The molecule has 5 nitrogen and oxygen atoms in total. The molecular weight excluding hydrogens is 401 g/mol. The molecule has 5 aromatic rings. The first-order valence-electron chi connectivity index (χ1n) is 11.1. The molecule has 3 aromatic heterocycles. The van der Waals surface area contributed by atoms with E-state index in [1.54, 1.807) is 18.5 Å². The van der Waals surface area contributed by atoms with Crippen LogP contribution < -0.4 is 0 Å². The van der Waals surface area contributed by atoms with E-state index in [1.165, 1.54) is 34.2 Å². The SMILES string of the molecule is Fc1ccc(-n2cc(C3CCN(Cc4ccc5[nH]ccc5c4)CC3)c3ncncc32)cc1. The quantitative estimate of drug-likeness (QED) is 0.418. The summed E-state index contributed by atoms with van der Waals surface area (Å²) < 4.78 is 15.5. The fourth-order valence-electron chi connectivity index (χ4n) is 4.97. The molecule has 6 rings (SSSR count). The highest BCUT2D eigenvalue weighted by Gasteiger charge is 2.25. The molecule has 1 fully saturated rings. The lowest BCUT2D eigenvalue weighted by atomic mass is 9.90. The monoisotopic (exact) mass is 425 g/mol. The van der Waals surface area contributed by atoms with E-state index < -0.39 is 0 Å². The van der Waals surface area contributed by atoms with Crippen molar-refractivity contribution in [3.63, 3.8) is 0 Å². The van der Waals surface area contributed by atoms with Gasteiger partial charge in [0.1, 0.15) is 12.1 Å². The molecule has 0 radical (unpaired) electrons. The van der Waals surface area contributed by atoms with Crippen LogP contribution in [0.2, 0.25) is 0 Å². The summed E-state index contributed by atoms with van der Waals surface area (Å²) in [6, 6.07) is 15.4. The number of H-pyrrole nitrogens is 1. The third-order valence-corrected chi connectivity index (χ3v) is 6.65. The van der Waals surface area contributed by atoms with Gasteiger partial charge in [-0.2, -0.15) is 0 Å². The van der Waals surface area contributed by atoms with Crippen LogP contribution in [0.3, 0.4) is 0 Å². The van der Waals surface area contributed by atoms with E-state index in [0.29, 0.717) is 5.92 Å². The third-order valence-electron chi connectivity index (χ3n) is 6.65. The number of hydrogen-bond acceptors (Lipinski definition) is 3. The number of benzene rings is 2. The van der Waals surface area contributed by atoms with Gasteiger partial charge in [-0.25, -0.2) is 14.4 Å². The Labute approximate surface area is 185 Å². The van der Waals surface area contributed by atoms with Crippen LogP contribution in [0.4, 0.5) is 4.39 Å². The van der Waals surface area contributed by atoms with Crippen molar-refractivity contribution < 1.29 is 4.39 Å². The smallest absolute Gasteiger partial charge is 0.123 e. The number of piperidine rings is 1. The molecule has 1 aliphatic heterocycles. The first kappa shape index (κ1) is 19.2. The standard InChI is InChI=1S/C26H24FN5/c27-21-2-4-22(5-3-21)32-16-23(26-25(32)14-28-17-30-26)19-8-11-31(12-9-19)15-18-1-6-24-20(13-18)7-10-29-24/h1-7,10,13-14,16-17,19,29H,8-9,11-12,15H2. The van der Waals surface area contributed by atoms with Crippen LogP contribution in [0.1, 0.15) is 29.9 Å². The Morgan fingerprint density at radius 2 is 1.88 bits per heavy atom. The van der Waals surface area contributed by atoms with E-state index in [0.717, 1.165) is 49.2 Å². The molecular formula is C26H24FN5. The molecule has 2 aromatic carbocycles. The maximum Gasteiger partial charge on any atom is 0.123 e. The number of aromatic amines is 1. The third kappa shape index (κ3) is 3.46. The minimum atomic E-state index is -0.232. The zero-order valence-corrected chi connectivity index (χ0v) is 17.7. The summed E-state index contributed by atoms with van der Waals surface area (Å²) in [5, 5.41) is 1.27. The Morgan fingerprint density at radius 3 is 2.72 bits per heavy atom. The second-order valence-corrected chi connectivity index (χ2v) is 8.64. The number of nitrogens with one attached hydrogen (secondary N) is 1. The molecule has 0 bridgehead atoms. The Kier molecular flexibility index (Phi) is 4.72. The number of rotatable bonds is 4. The van der Waals surface area contributed by atoms with E-state index in [1.807, 2.05) is 12.4 Å². The van der Waals surface area contributed by atoms with Gasteiger partial charge in [0, 0.05) is 30.1 Å². The summed E-state index contributed by atoms with van der Waals surface area (Å²) in [7, 11) is 0. The maximum atomic E-state index is 13.4. The van der Waals surface area contributed by atoms with Gasteiger partial charge < -0.3 is 9.55 Å². The van der Waals surface area contributed by atoms with Crippen molar-refractivity contribution in [2.24, 2.45) is 0 Å². The minimum absolute atomic E-state index is 0.232. The lowest BCUT2D eigenvalue weighted by molar-refractivity contribution is 0.205. The second-order valence-electron chi connectivity index (χ2n) is 8.64. The highest BCUT2D eigenvalue weighted by atomic mass is 19.1. The highest BCUT2D eigenvalue weighted by molar-refractivity contribution is 5.81. The Balaban J connectivity index is 1.22. The zero-order chi connectivity index (χ0) is 21.5. The summed E-state index contributed by atoms with van der Waals surface area (Å²) in [6.07, 6.45) is 9.82. The van der Waals surface area contributed by atoms with Crippen LogP contribution >= 0.6 is 0 Å². The van der Waals surface area contributed by atoms with Crippen LogP contribution in [0.15, 0.2) is 73.4 Å². The lowest BCUT2D eigenvalue weighted by Crippen LogP contribution is -2.32. The first-order chi connectivity index (χ1) is 15.7. The van der Waals surface area contributed by atoms with Crippen LogP contribution in [0.5, 0.6) is 0 Å². The van der Waals surface area contributed by atoms with Gasteiger partial charge in [0.05, 0.1) is 17.2 Å². The van der Waals surface area contributed by atoms with Crippen LogP contribution in [0.25, 0.3) is 27.6 Å². The van der Waals surface area contributed by atoms with Crippen LogP contribution in [-0.4, -0.2) is 37.5 Å². The maximum absolute atomic E-state index is 13.4. The average molecular weight is 426 g/mol. The lowest BCUT2D eigenvalue weighted by Gasteiger charge is -2.31. The van der Waals surface area contributed by atoms with Crippen molar-refractivity contribution in [3.05, 3.63) is 90.4 Å². The molecule has 1 aliphatic rings. The van der Waals surface area contributed by atoms with Crippen molar-refractivity contribution in [3.8, 4) is 5.69 Å². The Hall–Kier alpha value is -3.51. The van der Waals surface area contributed by atoms with E-state index in [2.05, 4.69) is 54.9 Å². The molecule has 0 unspecified atom stereocenters. The van der Waals surface area contributed by atoms with E-state index >= 15 is 0 Å². The topological polar surface area (TPSA) is 49.7 Å². The fourth-order valence-corrected chi connectivity index (χ4v) is 4.97. The second kappa shape index (κ2) is 7.88. The van der Waals surface area contributed by atoms with E-state index in [-0.39, 0.29) is 5.82 Å². The minimum Gasteiger partial charge on any atom is -0.361 e. The first-order valence-corrected chi connectivity index (χ1v) is 11.1. The molecule has 4 heterocycles. The summed E-state index contributed by atoms with van der Waals surface area (Å²) in [6.45, 7) is 3.10. The molecule has 0 spiro atoms. The van der Waals surface area contributed by atoms with Crippen LogP contribution in [-0.2, 0) is 6.54 Å². The fraction of sp³-hybridized carbons (Fsp3) is 0.231. The van der Waals surface area contributed by atoms with Gasteiger partial charge in [-0.1, -0.05) is 6.07 Å². The van der Waals surface area contributed by atoms with Gasteiger partial charge in [0.15, 0.2) is 0 Å². The molecule has 1 N–H and O–H groups in total. The van der Waals surface area contributed by atoms with Gasteiger partial charge in [-0.15, -0.1) is 0 Å². The molecule has 0 saturated carbocycles. The molecule has 0 atom stereocenters. The van der Waals surface area contributed by atoms with Crippen molar-refractivity contribution in [2.45, 2.75) is 25.3 Å². The summed E-state index contributed by atoms with van der Waals surface area (Å²) in [4.78, 5) is 14.6. The number of halogens is 1. The predicted octanol–water partition coefficient (Wildman–Crippen LogP) is 5.42. The van der Waals surface area contributed by atoms with Crippen molar-refractivity contribution >= 4 is 21.9 Å². The number of aromatic nitrogens is 4. The molecule has 1 saturated heterocycles. The van der Waals surface area contributed by atoms with Crippen molar-refractivity contribution in [2.75, 3.05) is 13.1 Å². The number of likely N-dealkylation sites (tertiary alicyclic amines) is 1. The summed E-state index contributed by atoms with van der Waals surface area (Å²) in [5.74, 6) is 0.224. The van der Waals surface area contributed by atoms with Crippen LogP contribution in [0, 0.1) is 5.82 Å². The van der Waals surface area contributed by atoms with Gasteiger partial charge >= 0.3 is 0 Å². The zero-order valence-electron chi connectivity index (χ0n) is 17.7. The molecule has 0 aliphatic carbocycles. The van der Waals surface area contributed by atoms with Gasteiger partial charge in [0.25, 0.3) is 0 Å². The number of nitrogens with zero attached hydrogens (tertiary/aromatic N) is 4. The predicted molar refractivity (Wildman–Crippen MR) is 124 cm³/mol. The van der Waals surface area contributed by atoms with Gasteiger partial charge in [-0.3, -0.25) is 4.90 Å². The average Bonchev–Trinajstić information content (AvgIpc) is 3.45. The largest absolute Gasteiger partial charge is 0.361 e. The van der Waals surface area contributed by atoms with Gasteiger partial charge in [-0.05, 0) is 90.8 Å². The van der Waals surface area contributed by atoms with Crippen molar-refractivity contribution in [1.29, 1.82) is 0 Å². The normalized spacial score (nSPS) is 15.7. The number of fused-ring (bicyclic) bond motifs is 2. The number of hydrogen-bond donors (Lipinski definition) is 1. The molecule has 6 heteroatoms. The van der Waals surface area contributed by atoms with E-state index in [4.69, 9.17) is 0 Å².